The van der Waals surface area contributed by atoms with Gasteiger partial charge in [-0.25, -0.2) is 0 Å². The number of rotatable bonds is 1. The molecule has 0 N–H and O–H groups in total. The number of benzene rings is 1. The molecule has 1 aliphatic carbocycles. The lowest BCUT2D eigenvalue weighted by atomic mass is 10.0. The van der Waals surface area contributed by atoms with Gasteiger partial charge in [0.15, 0.2) is 0 Å². The molecule has 0 spiro atoms. The minimum Gasteiger partial charge on any atom is -0.0918 e. The smallest absolute Gasteiger partial charge is 0.0136 e. The third-order valence-electron chi connectivity index (χ3n) is 1.97. The summed E-state index contributed by atoms with van der Waals surface area (Å²) < 4.78 is 0. The van der Waals surface area contributed by atoms with Crippen LogP contribution in [0.2, 0.25) is 0 Å². The topological polar surface area (TPSA) is 0 Å². The molecule has 0 heterocycles. The summed E-state index contributed by atoms with van der Waals surface area (Å²) in [6.45, 7) is 0. The average Bonchev–Trinajstić information content (AvgIpc) is 2.47. The molecule has 0 aliphatic heterocycles. The Hall–Kier alpha value is -0.560. The van der Waals surface area contributed by atoms with Gasteiger partial charge in [-0.1, -0.05) is 46.3 Å². The molecule has 0 fully saturated rings. The van der Waals surface area contributed by atoms with E-state index in [-0.39, 0.29) is 0 Å². The maximum Gasteiger partial charge on any atom is 0.0136 e. The highest BCUT2D eigenvalue weighted by Crippen LogP contribution is 2.30. The molecule has 1 unspecified atom stereocenters. The molecule has 1 aromatic rings. The lowest BCUT2D eigenvalue weighted by molar-refractivity contribution is 1.01. The number of hydrogen-bond donors (Lipinski definition) is 0. The first-order valence-corrected chi connectivity index (χ1v) is 4.79. The lowest BCUT2D eigenvalue weighted by Gasteiger charge is -2.04. The van der Waals surface area contributed by atoms with Crippen LogP contribution in [0.5, 0.6) is 0 Å². The molecule has 1 aliphatic rings. The number of halogens is 1. The second kappa shape index (κ2) is 2.82. The molecular formula is C10H8Br. The maximum atomic E-state index is 3.47. The van der Waals surface area contributed by atoms with Crippen LogP contribution in [0.4, 0.5) is 0 Å². The molecule has 55 valence electrons. The predicted octanol–water partition coefficient (Wildman–Crippen LogP) is 2.99. The number of hydrogen-bond acceptors (Lipinski definition) is 0. The van der Waals surface area contributed by atoms with Gasteiger partial charge < -0.3 is 0 Å². The van der Waals surface area contributed by atoms with Gasteiger partial charge in [0.1, 0.15) is 0 Å². The van der Waals surface area contributed by atoms with Crippen molar-refractivity contribution in [2.24, 2.45) is 0 Å². The SMILES string of the molecule is BrCC1C=Cc2ccc[c]c21. The van der Waals surface area contributed by atoms with E-state index in [4.69, 9.17) is 0 Å². The maximum absolute atomic E-state index is 3.47. The molecule has 0 bridgehead atoms. The van der Waals surface area contributed by atoms with Crippen LogP contribution in [-0.2, 0) is 0 Å². The Balaban J connectivity index is 2.46. The van der Waals surface area contributed by atoms with E-state index < -0.39 is 0 Å². The fraction of sp³-hybridized carbons (Fsp3) is 0.200. The van der Waals surface area contributed by atoms with Crippen molar-refractivity contribution in [3.63, 3.8) is 0 Å². The van der Waals surface area contributed by atoms with Gasteiger partial charge in [0.25, 0.3) is 0 Å². The monoisotopic (exact) mass is 207 g/mol. The fourth-order valence-electron chi connectivity index (χ4n) is 1.37. The minimum absolute atomic E-state index is 0.534. The van der Waals surface area contributed by atoms with E-state index in [1.54, 1.807) is 0 Å². The van der Waals surface area contributed by atoms with Crippen LogP contribution in [0.1, 0.15) is 17.0 Å². The Morgan fingerprint density at radius 3 is 3.27 bits per heavy atom. The summed E-state index contributed by atoms with van der Waals surface area (Å²) in [6.07, 6.45) is 4.38. The molecule has 0 saturated carbocycles. The first kappa shape index (κ1) is 7.11. The summed E-state index contributed by atoms with van der Waals surface area (Å²) in [5.41, 5.74) is 2.64. The van der Waals surface area contributed by atoms with Gasteiger partial charge in [-0.05, 0) is 17.2 Å². The molecule has 1 atom stereocenters. The van der Waals surface area contributed by atoms with Crippen LogP contribution < -0.4 is 0 Å². The van der Waals surface area contributed by atoms with E-state index in [0.29, 0.717) is 5.92 Å². The normalized spacial score (nSPS) is 20.3. The second-order valence-electron chi connectivity index (χ2n) is 2.66. The van der Waals surface area contributed by atoms with Crippen molar-refractivity contribution in [2.45, 2.75) is 5.92 Å². The van der Waals surface area contributed by atoms with Crippen LogP contribution in [0, 0.1) is 6.07 Å². The van der Waals surface area contributed by atoms with Crippen LogP contribution in [0.15, 0.2) is 24.3 Å². The van der Waals surface area contributed by atoms with Crippen LogP contribution >= 0.6 is 15.9 Å². The molecule has 0 aromatic heterocycles. The first-order chi connectivity index (χ1) is 5.42. The molecule has 1 radical (unpaired) electrons. The van der Waals surface area contributed by atoms with Crippen LogP contribution in [-0.4, -0.2) is 5.33 Å². The largest absolute Gasteiger partial charge is 0.0918 e. The van der Waals surface area contributed by atoms with Gasteiger partial charge in [-0.3, -0.25) is 0 Å². The third-order valence-corrected chi connectivity index (χ3v) is 2.66. The predicted molar refractivity (Wildman–Crippen MR) is 50.8 cm³/mol. The van der Waals surface area contributed by atoms with Crippen molar-refractivity contribution in [3.8, 4) is 0 Å². The van der Waals surface area contributed by atoms with Crippen molar-refractivity contribution in [1.82, 2.24) is 0 Å². The minimum atomic E-state index is 0.534. The van der Waals surface area contributed by atoms with E-state index in [0.717, 1.165) is 5.33 Å². The second-order valence-corrected chi connectivity index (χ2v) is 3.31. The standard InChI is InChI=1S/C10H8Br/c11-7-9-6-5-8-3-1-2-4-10(8)9/h1-3,5-6,9H,7H2. The first-order valence-electron chi connectivity index (χ1n) is 3.66. The Bertz CT molecular complexity index is 289. The molecule has 0 nitrogen and oxygen atoms in total. The molecule has 2 rings (SSSR count). The summed E-state index contributed by atoms with van der Waals surface area (Å²) in [7, 11) is 0. The third kappa shape index (κ3) is 1.14. The average molecular weight is 208 g/mol. The summed E-state index contributed by atoms with van der Waals surface area (Å²) in [6, 6.07) is 9.39. The Morgan fingerprint density at radius 2 is 2.45 bits per heavy atom. The molecule has 0 amide bonds. The Kier molecular flexibility index (Phi) is 1.82. The molecule has 1 aromatic carbocycles. The summed E-state index contributed by atoms with van der Waals surface area (Å²) in [4.78, 5) is 0. The van der Waals surface area contributed by atoms with E-state index in [1.165, 1.54) is 11.1 Å². The quantitative estimate of drug-likeness (QED) is 0.622. The molecule has 0 saturated heterocycles. The fourth-order valence-corrected chi connectivity index (χ4v) is 1.91. The van der Waals surface area contributed by atoms with Crippen molar-refractivity contribution < 1.29 is 0 Å². The van der Waals surface area contributed by atoms with Gasteiger partial charge in [0.05, 0.1) is 0 Å². The van der Waals surface area contributed by atoms with Crippen molar-refractivity contribution >= 4 is 22.0 Å². The molecular weight excluding hydrogens is 200 g/mol. The van der Waals surface area contributed by atoms with Crippen LogP contribution in [0.3, 0.4) is 0 Å². The van der Waals surface area contributed by atoms with E-state index in [9.17, 15) is 0 Å². The van der Waals surface area contributed by atoms with E-state index in [1.807, 2.05) is 12.1 Å². The zero-order valence-electron chi connectivity index (χ0n) is 6.05. The Labute approximate surface area is 75.1 Å². The Morgan fingerprint density at radius 1 is 1.55 bits per heavy atom. The van der Waals surface area contributed by atoms with E-state index in [2.05, 4.69) is 40.2 Å². The highest BCUT2D eigenvalue weighted by molar-refractivity contribution is 9.09. The molecule has 11 heavy (non-hydrogen) atoms. The van der Waals surface area contributed by atoms with Gasteiger partial charge in [0.2, 0.25) is 0 Å². The van der Waals surface area contributed by atoms with Gasteiger partial charge >= 0.3 is 0 Å². The van der Waals surface area contributed by atoms with Gasteiger partial charge in [-0.2, -0.15) is 0 Å². The number of fused-ring (bicyclic) bond motifs is 1. The number of alkyl halides is 1. The zero-order valence-corrected chi connectivity index (χ0v) is 7.64. The summed E-state index contributed by atoms with van der Waals surface area (Å²) in [5, 5.41) is 0.997. The molecule has 1 heteroatoms. The van der Waals surface area contributed by atoms with Crippen molar-refractivity contribution in [2.75, 3.05) is 5.33 Å². The zero-order chi connectivity index (χ0) is 7.68. The van der Waals surface area contributed by atoms with Crippen molar-refractivity contribution in [1.29, 1.82) is 0 Å². The van der Waals surface area contributed by atoms with E-state index >= 15 is 0 Å². The number of allylic oxidation sites excluding steroid dienone is 1. The summed E-state index contributed by atoms with van der Waals surface area (Å²) >= 11 is 3.47. The summed E-state index contributed by atoms with van der Waals surface area (Å²) in [5.74, 6) is 0.534. The van der Waals surface area contributed by atoms with Gasteiger partial charge in [0, 0.05) is 11.2 Å². The lowest BCUT2D eigenvalue weighted by Crippen LogP contribution is -1.92. The van der Waals surface area contributed by atoms with Gasteiger partial charge in [-0.15, -0.1) is 0 Å². The van der Waals surface area contributed by atoms with Crippen LogP contribution in [0.25, 0.3) is 6.08 Å². The highest BCUT2D eigenvalue weighted by Gasteiger charge is 2.14. The van der Waals surface area contributed by atoms with Crippen molar-refractivity contribution in [3.05, 3.63) is 41.5 Å². The highest BCUT2D eigenvalue weighted by atomic mass is 79.9.